The number of hydrogen-bond donors (Lipinski definition) is 2. The van der Waals surface area contributed by atoms with E-state index in [1.807, 2.05) is 5.32 Å². The second kappa shape index (κ2) is 4.99. The molecule has 19 heavy (non-hydrogen) atoms. The van der Waals surface area contributed by atoms with Crippen LogP contribution in [0.1, 0.15) is 26.3 Å². The van der Waals surface area contributed by atoms with E-state index in [1.54, 1.807) is 20.8 Å². The number of carbonyl (C=O) groups is 1. The number of rotatable bonds is 1. The fraction of sp³-hybridized carbons (Fsp3) is 0.417. The van der Waals surface area contributed by atoms with Gasteiger partial charge < -0.3 is 9.84 Å². The monoisotopic (exact) mass is 277 g/mol. The van der Waals surface area contributed by atoms with E-state index in [0.29, 0.717) is 0 Å². The summed E-state index contributed by atoms with van der Waals surface area (Å²) in [7, 11) is 0. The number of phenolic OH excluding ortho intramolecular Hbond substituents is 1. The Balaban J connectivity index is 3.03. The number of alkyl halides is 3. The van der Waals surface area contributed by atoms with E-state index >= 15 is 0 Å². The Morgan fingerprint density at radius 2 is 1.84 bits per heavy atom. The summed E-state index contributed by atoms with van der Waals surface area (Å²) >= 11 is 0. The number of halogens is 3. The molecule has 0 aromatic heterocycles. The number of nitrogens with one attached hydrogen (secondary N) is 1. The summed E-state index contributed by atoms with van der Waals surface area (Å²) in [5, 5.41) is 11.2. The van der Waals surface area contributed by atoms with Crippen molar-refractivity contribution in [3.63, 3.8) is 0 Å². The van der Waals surface area contributed by atoms with Crippen molar-refractivity contribution < 1.29 is 27.8 Å². The highest BCUT2D eigenvalue weighted by atomic mass is 19.4. The summed E-state index contributed by atoms with van der Waals surface area (Å²) in [5.74, 6) is -0.957. The van der Waals surface area contributed by atoms with Crippen LogP contribution in [-0.4, -0.2) is 16.8 Å². The first-order valence-corrected chi connectivity index (χ1v) is 5.40. The third-order valence-corrected chi connectivity index (χ3v) is 1.96. The molecule has 0 atom stereocenters. The number of carbonyl (C=O) groups excluding carboxylic acids is 1. The molecule has 1 amide bonds. The minimum atomic E-state index is -4.78. The smallest absolute Gasteiger partial charge is 0.421 e. The van der Waals surface area contributed by atoms with Gasteiger partial charge in [0.1, 0.15) is 16.9 Å². The van der Waals surface area contributed by atoms with Crippen molar-refractivity contribution in [3.8, 4) is 5.75 Å². The van der Waals surface area contributed by atoms with Crippen molar-refractivity contribution in [2.45, 2.75) is 32.5 Å². The topological polar surface area (TPSA) is 58.6 Å². The van der Waals surface area contributed by atoms with Crippen molar-refractivity contribution >= 4 is 11.8 Å². The number of amides is 1. The predicted octanol–water partition coefficient (Wildman–Crippen LogP) is 3.76. The van der Waals surface area contributed by atoms with Gasteiger partial charge in [0.25, 0.3) is 0 Å². The normalized spacial score (nSPS) is 12.1. The molecule has 1 aromatic rings. The maximum absolute atomic E-state index is 12.7. The minimum absolute atomic E-state index is 0.554. The first-order chi connectivity index (χ1) is 8.50. The molecule has 0 aliphatic heterocycles. The lowest BCUT2D eigenvalue weighted by Gasteiger charge is -2.21. The number of phenols is 1. The second-order valence-corrected chi connectivity index (χ2v) is 4.82. The molecule has 0 heterocycles. The highest BCUT2D eigenvalue weighted by Crippen LogP contribution is 2.40. The summed E-state index contributed by atoms with van der Waals surface area (Å²) in [4.78, 5) is 11.4. The third kappa shape index (κ3) is 4.35. The Labute approximate surface area is 108 Å². The van der Waals surface area contributed by atoms with Gasteiger partial charge in [-0.3, -0.25) is 5.32 Å². The zero-order valence-corrected chi connectivity index (χ0v) is 10.6. The second-order valence-electron chi connectivity index (χ2n) is 4.82. The highest BCUT2D eigenvalue weighted by Gasteiger charge is 2.37. The SMILES string of the molecule is CC(C)(C)OC(=O)Nc1cccc(O)c1C(F)(F)F. The van der Waals surface area contributed by atoms with Gasteiger partial charge in [-0.05, 0) is 32.9 Å². The largest absolute Gasteiger partial charge is 0.507 e. The van der Waals surface area contributed by atoms with Crippen molar-refractivity contribution in [2.24, 2.45) is 0 Å². The number of benzene rings is 1. The number of aromatic hydroxyl groups is 1. The standard InChI is InChI=1S/C12H14F3NO3/c1-11(2,3)19-10(18)16-7-5-4-6-8(17)9(7)12(13,14)15/h4-6,17H,1-3H3,(H,16,18). The van der Waals surface area contributed by atoms with Gasteiger partial charge in [0, 0.05) is 0 Å². The van der Waals surface area contributed by atoms with Gasteiger partial charge >= 0.3 is 12.3 Å². The van der Waals surface area contributed by atoms with Crippen LogP contribution in [0.3, 0.4) is 0 Å². The molecular weight excluding hydrogens is 263 g/mol. The molecule has 106 valence electrons. The van der Waals surface area contributed by atoms with Gasteiger partial charge in [0.2, 0.25) is 0 Å². The molecule has 7 heteroatoms. The van der Waals surface area contributed by atoms with Gasteiger partial charge in [0.15, 0.2) is 0 Å². The first kappa shape index (κ1) is 15.1. The average molecular weight is 277 g/mol. The molecule has 0 radical (unpaired) electrons. The summed E-state index contributed by atoms with van der Waals surface area (Å²) in [5.41, 5.74) is -2.69. The number of ether oxygens (including phenoxy) is 1. The van der Waals surface area contributed by atoms with Crippen molar-refractivity contribution in [1.29, 1.82) is 0 Å². The average Bonchev–Trinajstić information content (AvgIpc) is 2.11. The summed E-state index contributed by atoms with van der Waals surface area (Å²) in [6.07, 6.45) is -5.81. The molecule has 0 aliphatic carbocycles. The molecule has 2 N–H and O–H groups in total. The summed E-state index contributed by atoms with van der Waals surface area (Å²) in [6.45, 7) is 4.75. The molecule has 0 saturated carbocycles. The molecule has 0 fully saturated rings. The summed E-state index contributed by atoms with van der Waals surface area (Å²) in [6, 6.07) is 3.12. The third-order valence-electron chi connectivity index (χ3n) is 1.96. The van der Waals surface area contributed by atoms with Crippen LogP contribution in [0.2, 0.25) is 0 Å². The van der Waals surface area contributed by atoms with Gasteiger partial charge in [-0.1, -0.05) is 6.07 Å². The Morgan fingerprint density at radius 1 is 1.26 bits per heavy atom. The molecule has 0 spiro atoms. The zero-order chi connectivity index (χ0) is 14.8. The molecule has 0 bridgehead atoms. The number of hydrogen-bond acceptors (Lipinski definition) is 3. The van der Waals surface area contributed by atoms with E-state index < -0.39 is 34.9 Å². The quantitative estimate of drug-likeness (QED) is 0.821. The zero-order valence-electron chi connectivity index (χ0n) is 10.6. The maximum atomic E-state index is 12.7. The molecular formula is C12H14F3NO3. The lowest BCUT2D eigenvalue weighted by atomic mass is 10.1. The van der Waals surface area contributed by atoms with Crippen LogP contribution in [0.4, 0.5) is 23.7 Å². The Morgan fingerprint density at radius 3 is 2.32 bits per heavy atom. The Hall–Kier alpha value is -1.92. The van der Waals surface area contributed by atoms with Crippen LogP contribution in [0, 0.1) is 0 Å². The molecule has 1 rings (SSSR count). The number of anilines is 1. The van der Waals surface area contributed by atoms with Gasteiger partial charge in [-0.15, -0.1) is 0 Å². The van der Waals surface area contributed by atoms with E-state index in [9.17, 15) is 23.1 Å². The van der Waals surface area contributed by atoms with Crippen LogP contribution in [0.15, 0.2) is 18.2 Å². The van der Waals surface area contributed by atoms with Crippen molar-refractivity contribution in [3.05, 3.63) is 23.8 Å². The van der Waals surface area contributed by atoms with E-state index in [-0.39, 0.29) is 0 Å². The van der Waals surface area contributed by atoms with Crippen LogP contribution >= 0.6 is 0 Å². The van der Waals surface area contributed by atoms with E-state index in [2.05, 4.69) is 0 Å². The van der Waals surface area contributed by atoms with E-state index in [4.69, 9.17) is 4.74 Å². The van der Waals surface area contributed by atoms with Gasteiger partial charge in [0.05, 0.1) is 5.69 Å². The highest BCUT2D eigenvalue weighted by molar-refractivity contribution is 5.86. The summed E-state index contributed by atoms with van der Waals surface area (Å²) < 4.78 is 43.1. The van der Waals surface area contributed by atoms with E-state index in [0.717, 1.165) is 12.1 Å². The maximum Gasteiger partial charge on any atom is 0.421 e. The lowest BCUT2D eigenvalue weighted by molar-refractivity contribution is -0.138. The van der Waals surface area contributed by atoms with Gasteiger partial charge in [-0.25, -0.2) is 4.79 Å². The Kier molecular flexibility index (Phi) is 3.97. The van der Waals surface area contributed by atoms with E-state index in [1.165, 1.54) is 6.07 Å². The fourth-order valence-corrected chi connectivity index (χ4v) is 1.36. The Bertz CT molecular complexity index is 478. The fourth-order valence-electron chi connectivity index (χ4n) is 1.36. The molecule has 0 unspecified atom stereocenters. The molecule has 1 aromatic carbocycles. The van der Waals surface area contributed by atoms with Crippen LogP contribution < -0.4 is 5.32 Å². The van der Waals surface area contributed by atoms with Crippen LogP contribution in [0.5, 0.6) is 5.75 Å². The van der Waals surface area contributed by atoms with Crippen LogP contribution in [0.25, 0.3) is 0 Å². The van der Waals surface area contributed by atoms with Crippen molar-refractivity contribution in [1.82, 2.24) is 0 Å². The first-order valence-electron chi connectivity index (χ1n) is 5.40. The predicted molar refractivity (Wildman–Crippen MR) is 63.0 cm³/mol. The molecule has 0 saturated heterocycles. The van der Waals surface area contributed by atoms with Crippen molar-refractivity contribution in [2.75, 3.05) is 5.32 Å². The van der Waals surface area contributed by atoms with Crippen LogP contribution in [-0.2, 0) is 10.9 Å². The molecule has 0 aliphatic rings. The molecule has 4 nitrogen and oxygen atoms in total. The minimum Gasteiger partial charge on any atom is -0.507 e. The lowest BCUT2D eigenvalue weighted by Crippen LogP contribution is -2.28. The van der Waals surface area contributed by atoms with Gasteiger partial charge in [-0.2, -0.15) is 13.2 Å².